The molecule has 1 saturated carbocycles. The van der Waals surface area contributed by atoms with Crippen LogP contribution in [0.4, 0.5) is 0 Å². The van der Waals surface area contributed by atoms with Gasteiger partial charge < -0.3 is 22.9 Å². The molecule has 0 radical (unpaired) electrons. The zero-order valence-corrected chi connectivity index (χ0v) is 12.3. The van der Waals surface area contributed by atoms with E-state index in [9.17, 15) is 9.59 Å². The maximum Gasteiger partial charge on any atom is 0.248 e. The van der Waals surface area contributed by atoms with Crippen LogP contribution in [-0.4, -0.2) is 23.4 Å². The second-order valence-corrected chi connectivity index (χ2v) is 5.82. The summed E-state index contributed by atoms with van der Waals surface area (Å²) in [7, 11) is 0. The zero-order chi connectivity index (χ0) is 16.0. The van der Waals surface area contributed by atoms with Crippen molar-refractivity contribution in [1.29, 1.82) is 0 Å². The van der Waals surface area contributed by atoms with Crippen molar-refractivity contribution in [2.45, 2.75) is 44.2 Å². The Bertz CT molecular complexity index is 464. The monoisotopic (exact) mass is 292 g/mol. The number of carbonyl (C=O) groups excluding carboxylic acids is 2. The summed E-state index contributed by atoms with van der Waals surface area (Å²) in [6.07, 6.45) is 4.49. The zero-order valence-electron chi connectivity index (χ0n) is 12.3. The first kappa shape index (κ1) is 17.1. The molecular formula is C15H24N4O2. The first-order valence-corrected chi connectivity index (χ1v) is 6.95. The van der Waals surface area contributed by atoms with E-state index in [1.54, 1.807) is 0 Å². The SMILES string of the molecule is CC1(N)CCCC(N)C1.NC(=O)c1ccc(C(N)=O)cc1. The average molecular weight is 292 g/mol. The van der Waals surface area contributed by atoms with Gasteiger partial charge >= 0.3 is 0 Å². The molecule has 0 aromatic heterocycles. The third-order valence-electron chi connectivity index (χ3n) is 3.51. The number of hydrogen-bond acceptors (Lipinski definition) is 4. The highest BCUT2D eigenvalue weighted by molar-refractivity contribution is 5.96. The molecule has 6 nitrogen and oxygen atoms in total. The topological polar surface area (TPSA) is 138 Å². The number of carbonyl (C=O) groups is 2. The second-order valence-electron chi connectivity index (χ2n) is 5.82. The van der Waals surface area contributed by atoms with Gasteiger partial charge in [0.05, 0.1) is 0 Å². The van der Waals surface area contributed by atoms with Crippen molar-refractivity contribution in [2.75, 3.05) is 0 Å². The van der Waals surface area contributed by atoms with Crippen LogP contribution < -0.4 is 22.9 Å². The van der Waals surface area contributed by atoms with E-state index < -0.39 is 11.8 Å². The molecule has 2 amide bonds. The van der Waals surface area contributed by atoms with Crippen LogP contribution in [0.5, 0.6) is 0 Å². The molecule has 1 aromatic rings. The molecule has 0 bridgehead atoms. The van der Waals surface area contributed by atoms with Crippen molar-refractivity contribution in [1.82, 2.24) is 0 Å². The first-order valence-electron chi connectivity index (χ1n) is 6.95. The minimum atomic E-state index is -0.522. The van der Waals surface area contributed by atoms with E-state index in [-0.39, 0.29) is 5.54 Å². The van der Waals surface area contributed by atoms with Gasteiger partial charge in [0.1, 0.15) is 0 Å². The van der Waals surface area contributed by atoms with Crippen molar-refractivity contribution in [3.63, 3.8) is 0 Å². The van der Waals surface area contributed by atoms with Gasteiger partial charge in [0.15, 0.2) is 0 Å². The van der Waals surface area contributed by atoms with E-state index in [1.807, 2.05) is 0 Å². The quantitative estimate of drug-likeness (QED) is 0.630. The Labute approximate surface area is 124 Å². The summed E-state index contributed by atoms with van der Waals surface area (Å²) in [6, 6.07) is 6.20. The number of hydrogen-bond donors (Lipinski definition) is 4. The Balaban J connectivity index is 0.000000219. The molecule has 0 spiro atoms. The van der Waals surface area contributed by atoms with Crippen LogP contribution in [0.2, 0.25) is 0 Å². The van der Waals surface area contributed by atoms with Gasteiger partial charge in [0, 0.05) is 22.7 Å². The van der Waals surface area contributed by atoms with Gasteiger partial charge in [-0.1, -0.05) is 6.42 Å². The fourth-order valence-corrected chi connectivity index (χ4v) is 2.37. The lowest BCUT2D eigenvalue weighted by molar-refractivity contribution is 0.0988. The molecule has 2 atom stereocenters. The summed E-state index contributed by atoms with van der Waals surface area (Å²) in [5, 5.41) is 0. The lowest BCUT2D eigenvalue weighted by Gasteiger charge is -2.32. The molecule has 6 heteroatoms. The van der Waals surface area contributed by atoms with Crippen LogP contribution in [0.3, 0.4) is 0 Å². The van der Waals surface area contributed by atoms with Gasteiger partial charge in [-0.15, -0.1) is 0 Å². The van der Waals surface area contributed by atoms with Crippen molar-refractivity contribution in [2.24, 2.45) is 22.9 Å². The van der Waals surface area contributed by atoms with E-state index in [2.05, 4.69) is 6.92 Å². The molecule has 1 aliphatic rings. The average Bonchev–Trinajstić information content (AvgIpc) is 2.38. The van der Waals surface area contributed by atoms with E-state index >= 15 is 0 Å². The third-order valence-corrected chi connectivity index (χ3v) is 3.51. The Kier molecular flexibility index (Phi) is 5.87. The number of nitrogens with two attached hydrogens (primary N) is 4. The lowest BCUT2D eigenvalue weighted by atomic mass is 9.82. The predicted octanol–water partition coefficient (Wildman–Crippen LogP) is 0.490. The normalized spacial score (nSPS) is 24.6. The maximum atomic E-state index is 10.6. The lowest BCUT2D eigenvalue weighted by Crippen LogP contribution is -2.45. The van der Waals surface area contributed by atoms with Crippen LogP contribution >= 0.6 is 0 Å². The molecule has 2 rings (SSSR count). The van der Waals surface area contributed by atoms with Crippen molar-refractivity contribution < 1.29 is 9.59 Å². The maximum absolute atomic E-state index is 10.6. The van der Waals surface area contributed by atoms with Crippen LogP contribution in [0, 0.1) is 0 Å². The summed E-state index contributed by atoms with van der Waals surface area (Å²) in [4.78, 5) is 21.2. The number of benzene rings is 1. The molecule has 2 unspecified atom stereocenters. The summed E-state index contributed by atoms with van der Waals surface area (Å²) in [5.41, 5.74) is 22.3. The largest absolute Gasteiger partial charge is 0.366 e. The summed E-state index contributed by atoms with van der Waals surface area (Å²) in [5.74, 6) is -1.04. The van der Waals surface area contributed by atoms with E-state index in [1.165, 1.54) is 30.7 Å². The van der Waals surface area contributed by atoms with Gasteiger partial charge in [-0.05, 0) is 50.5 Å². The van der Waals surface area contributed by atoms with Crippen LogP contribution in [0.25, 0.3) is 0 Å². The predicted molar refractivity (Wildman–Crippen MR) is 82.5 cm³/mol. The van der Waals surface area contributed by atoms with Gasteiger partial charge in [-0.3, -0.25) is 9.59 Å². The Morgan fingerprint density at radius 2 is 1.52 bits per heavy atom. The highest BCUT2D eigenvalue weighted by atomic mass is 16.1. The molecule has 0 aliphatic heterocycles. The molecule has 1 fully saturated rings. The van der Waals surface area contributed by atoms with E-state index in [0.29, 0.717) is 17.2 Å². The summed E-state index contributed by atoms with van der Waals surface area (Å²) >= 11 is 0. The first-order chi connectivity index (χ1) is 9.71. The molecule has 0 heterocycles. The smallest absolute Gasteiger partial charge is 0.248 e. The van der Waals surface area contributed by atoms with Crippen LogP contribution in [0.1, 0.15) is 53.3 Å². The van der Waals surface area contributed by atoms with Crippen molar-refractivity contribution >= 4 is 11.8 Å². The standard InChI is InChI=1S/C8H8N2O2.C7H16N2/c9-7(11)5-1-2-6(4-3-5)8(10)12;1-7(9)4-2-3-6(8)5-7/h1-4H,(H2,9,11)(H2,10,12);6H,2-5,8-9H2,1H3. The van der Waals surface area contributed by atoms with Gasteiger partial charge in [0.25, 0.3) is 0 Å². The number of amides is 2. The van der Waals surface area contributed by atoms with E-state index in [0.717, 1.165) is 19.3 Å². The molecule has 0 saturated heterocycles. The second kappa shape index (κ2) is 7.19. The van der Waals surface area contributed by atoms with Gasteiger partial charge in [-0.25, -0.2) is 0 Å². The third kappa shape index (κ3) is 5.93. The van der Waals surface area contributed by atoms with Gasteiger partial charge in [-0.2, -0.15) is 0 Å². The Hall–Kier alpha value is -1.92. The fourth-order valence-electron chi connectivity index (χ4n) is 2.37. The molecule has 1 aromatic carbocycles. The number of rotatable bonds is 2. The molecule has 8 N–H and O–H groups in total. The van der Waals surface area contributed by atoms with Crippen molar-refractivity contribution in [3.05, 3.63) is 35.4 Å². The van der Waals surface area contributed by atoms with Crippen LogP contribution in [-0.2, 0) is 0 Å². The molecule has 21 heavy (non-hydrogen) atoms. The van der Waals surface area contributed by atoms with Crippen molar-refractivity contribution in [3.8, 4) is 0 Å². The Morgan fingerprint density at radius 1 is 1.10 bits per heavy atom. The highest BCUT2D eigenvalue weighted by Crippen LogP contribution is 2.23. The van der Waals surface area contributed by atoms with Gasteiger partial charge in [0.2, 0.25) is 11.8 Å². The number of primary amides is 2. The summed E-state index contributed by atoms with van der Waals surface area (Å²) in [6.45, 7) is 2.09. The van der Waals surface area contributed by atoms with E-state index in [4.69, 9.17) is 22.9 Å². The summed E-state index contributed by atoms with van der Waals surface area (Å²) < 4.78 is 0. The minimum Gasteiger partial charge on any atom is -0.366 e. The molecule has 1 aliphatic carbocycles. The Morgan fingerprint density at radius 3 is 1.76 bits per heavy atom. The molecular weight excluding hydrogens is 268 g/mol. The minimum absolute atomic E-state index is 0.0255. The van der Waals surface area contributed by atoms with Crippen LogP contribution in [0.15, 0.2) is 24.3 Å². The molecule has 116 valence electrons. The fraction of sp³-hybridized carbons (Fsp3) is 0.467. The highest BCUT2D eigenvalue weighted by Gasteiger charge is 2.25.